The van der Waals surface area contributed by atoms with Gasteiger partial charge in [-0.1, -0.05) is 29.3 Å². The second-order valence-electron chi connectivity index (χ2n) is 7.16. The van der Waals surface area contributed by atoms with Gasteiger partial charge in [-0.05, 0) is 89.7 Å². The minimum Gasteiger partial charge on any atom is -0.496 e. The highest BCUT2D eigenvalue weighted by Gasteiger charge is 2.20. The number of esters is 1. The summed E-state index contributed by atoms with van der Waals surface area (Å²) in [6, 6.07) is 16.8. The van der Waals surface area contributed by atoms with Gasteiger partial charge in [0.25, 0.3) is 5.91 Å². The van der Waals surface area contributed by atoms with Gasteiger partial charge in [-0.2, -0.15) is 0 Å². The fraction of sp³-hybridized carbons (Fsp3) is 0.160. The Morgan fingerprint density at radius 2 is 1.66 bits per heavy atom. The Kier molecular flexibility index (Phi) is 9.51. The Hall–Kier alpha value is -2.65. The topological polar surface area (TPSA) is 67.9 Å². The molecule has 0 spiro atoms. The number of carbonyl (C=O) groups is 2. The molecular weight excluding hydrogens is 575 g/mol. The molecule has 0 heterocycles. The normalized spacial score (nSPS) is 10.4. The first kappa shape index (κ1) is 26.9. The molecule has 1 amide bonds. The van der Waals surface area contributed by atoms with Crippen LogP contribution in [0.5, 0.6) is 5.75 Å². The van der Waals surface area contributed by atoms with Gasteiger partial charge in [0, 0.05) is 26.9 Å². The van der Waals surface area contributed by atoms with Crippen molar-refractivity contribution in [3.05, 3.63) is 91.9 Å². The van der Waals surface area contributed by atoms with Crippen molar-refractivity contribution < 1.29 is 19.1 Å². The van der Waals surface area contributed by atoms with Crippen LogP contribution in [0.1, 0.15) is 33.2 Å². The van der Waals surface area contributed by atoms with Crippen molar-refractivity contribution in [3.8, 4) is 5.75 Å². The van der Waals surface area contributed by atoms with Crippen molar-refractivity contribution in [2.75, 3.05) is 18.6 Å². The van der Waals surface area contributed by atoms with Crippen molar-refractivity contribution >= 4 is 74.0 Å². The minimum absolute atomic E-state index is 0.127. The summed E-state index contributed by atoms with van der Waals surface area (Å²) < 4.78 is 10.9. The van der Waals surface area contributed by atoms with Crippen molar-refractivity contribution in [3.63, 3.8) is 0 Å². The first-order chi connectivity index (χ1) is 16.7. The van der Waals surface area contributed by atoms with E-state index in [1.165, 1.54) is 0 Å². The minimum atomic E-state index is -0.430. The van der Waals surface area contributed by atoms with Crippen LogP contribution in [0.15, 0.2) is 65.1 Å². The average molecular weight is 596 g/mol. The number of benzene rings is 3. The average Bonchev–Trinajstić information content (AvgIpc) is 2.84. The SMILES string of the molecule is CCOC(=O)c1ccc(N(Cc2c(Cl)cccc2Cl)C(=S)NC(=O)c2ccc(OC)c(Br)c2)cc1. The van der Waals surface area contributed by atoms with Crippen molar-refractivity contribution in [2.24, 2.45) is 0 Å². The van der Waals surface area contributed by atoms with Crippen molar-refractivity contribution in [2.45, 2.75) is 13.5 Å². The molecule has 182 valence electrons. The third kappa shape index (κ3) is 6.73. The molecule has 3 aromatic carbocycles. The van der Waals surface area contributed by atoms with E-state index in [4.69, 9.17) is 44.9 Å². The molecule has 0 saturated heterocycles. The van der Waals surface area contributed by atoms with E-state index >= 15 is 0 Å². The quantitative estimate of drug-likeness (QED) is 0.243. The van der Waals surface area contributed by atoms with E-state index < -0.39 is 11.9 Å². The number of halogens is 3. The molecule has 6 nitrogen and oxygen atoms in total. The molecule has 3 aromatic rings. The van der Waals surface area contributed by atoms with Gasteiger partial charge in [-0.3, -0.25) is 10.1 Å². The second-order valence-corrected chi connectivity index (χ2v) is 9.22. The van der Waals surface area contributed by atoms with E-state index in [1.807, 2.05) is 0 Å². The number of methoxy groups -OCH3 is 1. The Balaban J connectivity index is 1.91. The summed E-state index contributed by atoms with van der Waals surface area (Å²) >= 11 is 21.8. The standard InChI is InChI=1S/C25H21BrCl2N2O4S/c1-3-34-24(32)15-7-10-17(11-8-15)30(14-18-20(27)5-4-6-21(18)28)25(35)29-23(31)16-9-12-22(33-2)19(26)13-16/h4-13H,3,14H2,1-2H3,(H,29,31,35). The maximum atomic E-state index is 12.9. The number of ether oxygens (including phenoxy) is 2. The molecule has 0 bridgehead atoms. The molecule has 0 aliphatic rings. The summed E-state index contributed by atoms with van der Waals surface area (Å²) in [7, 11) is 1.54. The van der Waals surface area contributed by atoms with Crippen LogP contribution in [-0.4, -0.2) is 30.7 Å². The van der Waals surface area contributed by atoms with Gasteiger partial charge in [0.1, 0.15) is 5.75 Å². The lowest BCUT2D eigenvalue weighted by atomic mass is 10.1. The fourth-order valence-electron chi connectivity index (χ4n) is 3.16. The third-order valence-corrected chi connectivity index (χ3v) is 6.60. The molecule has 0 aliphatic heterocycles. The second kappa shape index (κ2) is 12.4. The molecule has 0 aromatic heterocycles. The van der Waals surface area contributed by atoms with E-state index in [9.17, 15) is 9.59 Å². The number of rotatable bonds is 7. The van der Waals surface area contributed by atoms with Crippen molar-refractivity contribution in [1.29, 1.82) is 0 Å². The van der Waals surface area contributed by atoms with E-state index in [2.05, 4.69) is 21.2 Å². The monoisotopic (exact) mass is 594 g/mol. The molecule has 0 unspecified atom stereocenters. The summed E-state index contributed by atoms with van der Waals surface area (Å²) in [6.07, 6.45) is 0. The molecule has 3 rings (SSSR count). The summed E-state index contributed by atoms with van der Waals surface area (Å²) in [4.78, 5) is 26.7. The lowest BCUT2D eigenvalue weighted by molar-refractivity contribution is 0.0526. The number of amides is 1. The van der Waals surface area contributed by atoms with Gasteiger partial charge < -0.3 is 14.4 Å². The smallest absolute Gasteiger partial charge is 0.338 e. The van der Waals surface area contributed by atoms with Gasteiger partial charge in [0.2, 0.25) is 0 Å². The lowest BCUT2D eigenvalue weighted by Gasteiger charge is -2.26. The number of hydrogen-bond acceptors (Lipinski definition) is 5. The summed E-state index contributed by atoms with van der Waals surface area (Å²) in [6.45, 7) is 2.20. The Bertz CT molecular complexity index is 1230. The fourth-order valence-corrected chi connectivity index (χ4v) is 4.48. The zero-order chi connectivity index (χ0) is 25.5. The molecule has 0 aliphatic carbocycles. The largest absolute Gasteiger partial charge is 0.496 e. The van der Waals surface area contributed by atoms with Crippen LogP contribution in [0.3, 0.4) is 0 Å². The number of hydrogen-bond donors (Lipinski definition) is 1. The van der Waals surface area contributed by atoms with Crippen LogP contribution < -0.4 is 15.0 Å². The Morgan fingerprint density at radius 3 is 2.23 bits per heavy atom. The van der Waals surface area contributed by atoms with Gasteiger partial charge >= 0.3 is 5.97 Å². The highest BCUT2D eigenvalue weighted by Crippen LogP contribution is 2.29. The Morgan fingerprint density at radius 1 is 1.03 bits per heavy atom. The molecule has 35 heavy (non-hydrogen) atoms. The predicted octanol–water partition coefficient (Wildman–Crippen LogP) is 6.66. The Labute approximate surface area is 227 Å². The molecular formula is C25H21BrCl2N2O4S. The molecule has 0 saturated carbocycles. The highest BCUT2D eigenvalue weighted by molar-refractivity contribution is 9.10. The van der Waals surface area contributed by atoms with Crippen LogP contribution in [-0.2, 0) is 11.3 Å². The zero-order valence-corrected chi connectivity index (χ0v) is 22.7. The first-order valence-electron chi connectivity index (χ1n) is 10.4. The number of anilines is 1. The van der Waals surface area contributed by atoms with Crippen LogP contribution in [0.2, 0.25) is 10.0 Å². The number of nitrogens with zero attached hydrogens (tertiary/aromatic N) is 1. The summed E-state index contributed by atoms with van der Waals surface area (Å²) in [5, 5.41) is 3.80. The zero-order valence-electron chi connectivity index (χ0n) is 18.8. The molecule has 1 N–H and O–H groups in total. The van der Waals surface area contributed by atoms with E-state index in [0.29, 0.717) is 42.6 Å². The molecule has 0 atom stereocenters. The van der Waals surface area contributed by atoms with Crippen LogP contribution in [0.4, 0.5) is 5.69 Å². The maximum Gasteiger partial charge on any atom is 0.338 e. The molecule has 10 heteroatoms. The van der Waals surface area contributed by atoms with Crippen LogP contribution >= 0.6 is 51.3 Å². The van der Waals surface area contributed by atoms with Crippen LogP contribution in [0, 0.1) is 0 Å². The first-order valence-corrected chi connectivity index (χ1v) is 12.4. The highest BCUT2D eigenvalue weighted by atomic mass is 79.9. The van der Waals surface area contributed by atoms with Crippen LogP contribution in [0.25, 0.3) is 0 Å². The van der Waals surface area contributed by atoms with Gasteiger partial charge in [-0.15, -0.1) is 0 Å². The van der Waals surface area contributed by atoms with Gasteiger partial charge in [0.05, 0.1) is 30.3 Å². The van der Waals surface area contributed by atoms with E-state index in [1.54, 1.807) is 79.6 Å². The predicted molar refractivity (Wildman–Crippen MR) is 146 cm³/mol. The molecule has 0 radical (unpaired) electrons. The number of thiocarbonyl (C=S) groups is 1. The van der Waals surface area contributed by atoms with Crippen molar-refractivity contribution in [1.82, 2.24) is 5.32 Å². The molecule has 0 fully saturated rings. The third-order valence-electron chi connectivity index (χ3n) is 4.95. The van der Waals surface area contributed by atoms with E-state index in [-0.39, 0.29) is 18.3 Å². The maximum absolute atomic E-state index is 12.9. The van der Waals surface area contributed by atoms with Gasteiger partial charge in [0.15, 0.2) is 5.11 Å². The summed E-state index contributed by atoms with van der Waals surface area (Å²) in [5.41, 5.74) is 2.03. The van der Waals surface area contributed by atoms with E-state index in [0.717, 1.165) is 0 Å². The number of carbonyl (C=O) groups excluding carboxylic acids is 2. The lowest BCUT2D eigenvalue weighted by Crippen LogP contribution is -2.42. The summed E-state index contributed by atoms with van der Waals surface area (Å²) in [5.74, 6) is -0.238. The van der Waals surface area contributed by atoms with Gasteiger partial charge in [-0.25, -0.2) is 4.79 Å². The number of nitrogens with one attached hydrogen (secondary N) is 1.